The number of hydrogen-bond acceptors (Lipinski definition) is 11. The van der Waals surface area contributed by atoms with E-state index in [1.54, 1.807) is 18.2 Å². The summed E-state index contributed by atoms with van der Waals surface area (Å²) in [5.41, 5.74) is 7.49. The van der Waals surface area contributed by atoms with E-state index >= 15 is 0 Å². The fourth-order valence-electron chi connectivity index (χ4n) is 4.54. The summed E-state index contributed by atoms with van der Waals surface area (Å²) in [7, 11) is -4.95. The van der Waals surface area contributed by atoms with Crippen LogP contribution in [0.1, 0.15) is 0 Å². The minimum atomic E-state index is -4.60. The van der Waals surface area contributed by atoms with E-state index in [0.29, 0.717) is 34.2 Å². The fourth-order valence-corrected chi connectivity index (χ4v) is 7.36. The summed E-state index contributed by atoms with van der Waals surface area (Å²) in [6, 6.07) is 7.48. The Morgan fingerprint density at radius 3 is 2.38 bits per heavy atom. The van der Waals surface area contributed by atoms with E-state index in [9.17, 15) is 16.8 Å². The van der Waals surface area contributed by atoms with Gasteiger partial charge < -0.3 is 30.2 Å². The monoisotopic (exact) mass is 580 g/mol. The highest BCUT2D eigenvalue weighted by Gasteiger charge is 2.41. The minimum Gasteiger partial charge on any atom is -0.565 e. The number of aromatic nitrogens is 6. The molecule has 0 amide bonds. The number of carbonyl (C=O) groups is 1. The highest BCUT2D eigenvalue weighted by Crippen LogP contribution is 2.40. The molecule has 2 aromatic heterocycles. The third-order valence-corrected chi connectivity index (χ3v) is 8.52. The number of hydrogen-bond donors (Lipinski definition) is 6. The van der Waals surface area contributed by atoms with Crippen molar-refractivity contribution < 1.29 is 36.3 Å². The van der Waals surface area contributed by atoms with Crippen LogP contribution in [-0.2, 0) is 20.0 Å². The van der Waals surface area contributed by atoms with Crippen LogP contribution in [0.2, 0.25) is 0 Å². The lowest BCUT2D eigenvalue weighted by Crippen LogP contribution is -2.67. The molecule has 0 saturated carbocycles. The van der Waals surface area contributed by atoms with Gasteiger partial charge in [-0.3, -0.25) is 0 Å². The van der Waals surface area contributed by atoms with Crippen molar-refractivity contribution >= 4 is 43.2 Å². The van der Waals surface area contributed by atoms with Crippen LogP contribution in [0, 0.1) is 0 Å². The predicted molar refractivity (Wildman–Crippen MR) is 134 cm³/mol. The second kappa shape index (κ2) is 9.85. The lowest BCUT2D eigenvalue weighted by atomic mass is 9.98. The molecule has 1 aliphatic rings. The number of tetrazole rings is 1. The van der Waals surface area contributed by atoms with Gasteiger partial charge in [0.2, 0.25) is 32.0 Å². The average molecular weight is 581 g/mol. The molecule has 17 nitrogen and oxygen atoms in total. The Bertz CT molecular complexity index is 1760. The molecule has 1 fully saturated rings. The summed E-state index contributed by atoms with van der Waals surface area (Å²) in [6.45, 7) is 1.12. The van der Waals surface area contributed by atoms with Crippen molar-refractivity contribution in [3.05, 3.63) is 30.3 Å². The zero-order valence-corrected chi connectivity index (χ0v) is 22.1. The molecule has 8 N–H and O–H groups in total. The lowest BCUT2D eigenvalue weighted by molar-refractivity contribution is -0.930. The van der Waals surface area contributed by atoms with E-state index in [4.69, 9.17) is 25.9 Å². The number of nitrogens with one attached hydrogen (secondary N) is 3. The first-order chi connectivity index (χ1) is 18.1. The molecule has 0 radical (unpaired) electrons. The quantitative estimate of drug-likeness (QED) is 0.139. The molecule has 1 aliphatic heterocycles. The SMILES string of the molecule is C[N+]1(C)CC(NS(=O)(=O)c2ccc(-c3cccc4[nH]c(N)nc34)c(-c3nn[nH]n3)c2S(N)(=O)=O)C1.O=C([O-])O. The number of aromatic amines is 2. The maximum absolute atomic E-state index is 13.4. The van der Waals surface area contributed by atoms with Crippen molar-refractivity contribution in [3.63, 3.8) is 0 Å². The van der Waals surface area contributed by atoms with Crippen molar-refractivity contribution in [2.75, 3.05) is 32.9 Å². The van der Waals surface area contributed by atoms with Crippen molar-refractivity contribution in [1.29, 1.82) is 0 Å². The molecule has 0 spiro atoms. The van der Waals surface area contributed by atoms with Gasteiger partial charge in [-0.25, -0.2) is 27.0 Å². The number of likely N-dealkylation sites (N-methyl/N-ethyl adjacent to an activating group) is 1. The van der Waals surface area contributed by atoms with Crippen LogP contribution in [0.15, 0.2) is 40.1 Å². The van der Waals surface area contributed by atoms with E-state index in [1.165, 1.54) is 12.1 Å². The Balaban J connectivity index is 0.000000826. The van der Waals surface area contributed by atoms with Gasteiger partial charge in [-0.05, 0) is 22.9 Å². The van der Waals surface area contributed by atoms with Crippen molar-refractivity contribution in [3.8, 4) is 22.5 Å². The Labute approximate surface area is 221 Å². The maximum Gasteiger partial charge on any atom is 0.249 e. The highest BCUT2D eigenvalue weighted by molar-refractivity contribution is 7.92. The van der Waals surface area contributed by atoms with Crippen LogP contribution in [0.3, 0.4) is 0 Å². The Morgan fingerprint density at radius 2 is 1.82 bits per heavy atom. The molecule has 19 heteroatoms. The van der Waals surface area contributed by atoms with Crippen LogP contribution < -0.4 is 20.7 Å². The van der Waals surface area contributed by atoms with Crippen LogP contribution in [0.25, 0.3) is 33.5 Å². The normalized spacial score (nSPS) is 15.4. The molecular formula is C20H24N10O7S2. The van der Waals surface area contributed by atoms with Gasteiger partial charge in [0.1, 0.15) is 28.9 Å². The molecule has 5 rings (SSSR count). The van der Waals surface area contributed by atoms with E-state index < -0.39 is 36.0 Å². The number of carboxylic acid groups (broad SMARTS) is 2. The van der Waals surface area contributed by atoms with Crippen molar-refractivity contribution in [2.45, 2.75) is 15.8 Å². The minimum absolute atomic E-state index is 0.122. The summed E-state index contributed by atoms with van der Waals surface area (Å²) in [6.07, 6.45) is -2.08. The number of H-pyrrole nitrogens is 2. The predicted octanol–water partition coefficient (Wildman–Crippen LogP) is -1.74. The standard InChI is InChI=1S/C19H23N10O4S2.CH2O3/c1-29(2)8-10(9-29)26-35(32,33)14-7-6-11(12-4-3-5-13-16(12)23-19(20)22-13)15(17(14)34(21,30)31)18-24-27-28-25-18;2-1(3)4/h3-7,10,26H,8-9H2,1-2H3,(H3,20,22,23)(H2,21,30,31)(H,24,25,27,28);(H2,2,3,4)/q+1;/p-1. The molecular weight excluding hydrogens is 556 g/mol. The van der Waals surface area contributed by atoms with E-state index in [-0.39, 0.29) is 28.9 Å². The van der Waals surface area contributed by atoms with Crippen LogP contribution in [0.5, 0.6) is 0 Å². The lowest BCUT2D eigenvalue weighted by Gasteiger charge is -2.44. The number of nitrogens with zero attached hydrogens (tertiary/aromatic N) is 5. The molecule has 1 saturated heterocycles. The van der Waals surface area contributed by atoms with Crippen LogP contribution in [-0.4, -0.2) is 96.4 Å². The maximum atomic E-state index is 13.4. The molecule has 3 heterocycles. The summed E-state index contributed by atoms with van der Waals surface area (Å²) in [4.78, 5) is 14.5. The number of para-hydroxylation sites is 1. The summed E-state index contributed by atoms with van der Waals surface area (Å²) in [5, 5.41) is 34.5. The van der Waals surface area contributed by atoms with Gasteiger partial charge in [0.15, 0.2) is 5.95 Å². The number of sulfonamides is 2. The number of quaternary nitrogens is 1. The Morgan fingerprint density at radius 1 is 1.15 bits per heavy atom. The third kappa shape index (κ3) is 5.81. The van der Waals surface area contributed by atoms with E-state index in [2.05, 4.69) is 35.3 Å². The number of anilines is 1. The number of likely N-dealkylation sites (tertiary alicyclic amines) is 1. The summed E-state index contributed by atoms with van der Waals surface area (Å²) in [5.74, 6) is 0.00786. The number of nitrogens with two attached hydrogens (primary N) is 2. The van der Waals surface area contributed by atoms with Crippen molar-refractivity contribution in [2.24, 2.45) is 5.14 Å². The molecule has 39 heavy (non-hydrogen) atoms. The Kier molecular flexibility index (Phi) is 7.04. The topological polar surface area (TPSA) is 276 Å². The van der Waals surface area contributed by atoms with Gasteiger partial charge in [-0.1, -0.05) is 18.2 Å². The zero-order chi connectivity index (χ0) is 28.8. The van der Waals surface area contributed by atoms with Gasteiger partial charge in [-0.15, -0.1) is 10.2 Å². The van der Waals surface area contributed by atoms with Gasteiger partial charge in [0, 0.05) is 5.56 Å². The van der Waals surface area contributed by atoms with Gasteiger partial charge in [0.25, 0.3) is 0 Å². The van der Waals surface area contributed by atoms with E-state index in [1.807, 2.05) is 14.1 Å². The first-order valence-corrected chi connectivity index (χ1v) is 14.0. The van der Waals surface area contributed by atoms with Gasteiger partial charge in [-0.2, -0.15) is 9.94 Å². The summed E-state index contributed by atoms with van der Waals surface area (Å²) < 4.78 is 55.7. The number of primary sulfonamides is 1. The summed E-state index contributed by atoms with van der Waals surface area (Å²) >= 11 is 0. The highest BCUT2D eigenvalue weighted by atomic mass is 32.2. The van der Waals surface area contributed by atoms with Gasteiger partial charge >= 0.3 is 0 Å². The average Bonchev–Trinajstić information content (AvgIpc) is 3.44. The fraction of sp³-hybridized carbons (Fsp3) is 0.250. The first-order valence-electron chi connectivity index (χ1n) is 11.0. The number of rotatable bonds is 6. The zero-order valence-electron chi connectivity index (χ0n) is 20.5. The number of fused-ring (bicyclic) bond motifs is 1. The van der Waals surface area contributed by atoms with Crippen LogP contribution >= 0.6 is 0 Å². The smallest absolute Gasteiger partial charge is 0.249 e. The second-order valence-corrected chi connectivity index (χ2v) is 12.5. The molecule has 208 valence electrons. The van der Waals surface area contributed by atoms with Gasteiger partial charge in [0.05, 0.1) is 30.7 Å². The largest absolute Gasteiger partial charge is 0.565 e. The second-order valence-electron chi connectivity index (χ2n) is 9.30. The number of imidazole rings is 1. The molecule has 2 aromatic carbocycles. The molecule has 0 bridgehead atoms. The first kappa shape index (κ1) is 27.9. The Hall–Kier alpha value is -4.17. The molecule has 0 unspecified atom stereocenters. The number of benzene rings is 2. The molecule has 0 aliphatic carbocycles. The van der Waals surface area contributed by atoms with Crippen molar-refractivity contribution in [1.82, 2.24) is 35.3 Å². The molecule has 4 aromatic rings. The van der Waals surface area contributed by atoms with Crippen LogP contribution in [0.4, 0.5) is 10.7 Å². The molecule has 0 atom stereocenters. The van der Waals surface area contributed by atoms with E-state index in [0.717, 1.165) is 0 Å². The number of nitrogen functional groups attached to an aromatic ring is 1. The third-order valence-electron chi connectivity index (χ3n) is 5.84.